The molecule has 3 aromatic rings. The van der Waals surface area contributed by atoms with Gasteiger partial charge in [-0.15, -0.1) is 0 Å². The summed E-state index contributed by atoms with van der Waals surface area (Å²) in [5.74, 6) is -0.411. The van der Waals surface area contributed by atoms with Gasteiger partial charge < -0.3 is 9.80 Å². The predicted molar refractivity (Wildman–Crippen MR) is 139 cm³/mol. The standard InChI is InChI=1S/C27H27ClFN3OS/c1-16-12-18-13-23(29)25(34-30)14-24(18)32(16)26(33)21-15-31(27(21,2)3)19-10-8-17(9-11-19)20-6-4-5-7-22(20)28/h4-11,13-14,16,21H,12,15,30H2,1-3H3. The first kappa shape index (κ1) is 23.2. The number of anilines is 2. The Bertz CT molecular complexity index is 1260. The first-order valence-electron chi connectivity index (χ1n) is 11.4. The molecule has 2 heterocycles. The van der Waals surface area contributed by atoms with Gasteiger partial charge >= 0.3 is 0 Å². The zero-order valence-corrected chi connectivity index (χ0v) is 21.0. The molecule has 3 aromatic carbocycles. The van der Waals surface area contributed by atoms with Crippen LogP contribution >= 0.6 is 23.5 Å². The molecule has 176 valence electrons. The highest BCUT2D eigenvalue weighted by Crippen LogP contribution is 2.45. The van der Waals surface area contributed by atoms with Crippen LogP contribution in [0.1, 0.15) is 26.3 Å². The van der Waals surface area contributed by atoms with Crippen molar-refractivity contribution in [3.8, 4) is 11.1 Å². The Kier molecular flexibility index (Phi) is 5.87. The van der Waals surface area contributed by atoms with Crippen molar-refractivity contribution in [1.82, 2.24) is 0 Å². The van der Waals surface area contributed by atoms with Crippen LogP contribution in [0.25, 0.3) is 11.1 Å². The Labute approximate surface area is 209 Å². The third kappa shape index (κ3) is 3.69. The van der Waals surface area contributed by atoms with E-state index >= 15 is 0 Å². The van der Waals surface area contributed by atoms with E-state index in [2.05, 4.69) is 43.0 Å². The Hall–Kier alpha value is -2.54. The number of carbonyl (C=O) groups excluding carboxylic acids is 1. The molecule has 2 aliphatic heterocycles. The molecule has 0 radical (unpaired) electrons. The molecule has 0 spiro atoms. The number of halogens is 2. The molecule has 0 bridgehead atoms. The summed E-state index contributed by atoms with van der Waals surface area (Å²) in [6, 6.07) is 19.3. The third-order valence-corrected chi connectivity index (χ3v) is 8.19. The van der Waals surface area contributed by atoms with Crippen molar-refractivity contribution < 1.29 is 9.18 Å². The minimum atomic E-state index is -0.350. The van der Waals surface area contributed by atoms with Crippen molar-refractivity contribution in [2.45, 2.75) is 43.7 Å². The fourth-order valence-electron chi connectivity index (χ4n) is 5.26. The summed E-state index contributed by atoms with van der Waals surface area (Å²) in [5.41, 5.74) is 4.43. The van der Waals surface area contributed by atoms with Gasteiger partial charge in [0, 0.05) is 40.1 Å². The minimum absolute atomic E-state index is 0.0142. The maximum Gasteiger partial charge on any atom is 0.234 e. The van der Waals surface area contributed by atoms with Gasteiger partial charge in [0.2, 0.25) is 5.91 Å². The SMILES string of the molecule is CC1Cc2cc(F)c(SN)cc2N1C(=O)C1CN(c2ccc(-c3ccccc3Cl)cc2)C1(C)C. The van der Waals surface area contributed by atoms with E-state index in [1.165, 1.54) is 6.07 Å². The van der Waals surface area contributed by atoms with E-state index in [1.54, 1.807) is 6.07 Å². The topological polar surface area (TPSA) is 49.6 Å². The van der Waals surface area contributed by atoms with E-state index in [1.807, 2.05) is 36.1 Å². The molecule has 2 atom stereocenters. The Morgan fingerprint density at radius 3 is 2.50 bits per heavy atom. The molecule has 2 unspecified atom stereocenters. The monoisotopic (exact) mass is 495 g/mol. The summed E-state index contributed by atoms with van der Waals surface area (Å²) in [6.45, 7) is 6.86. The lowest BCUT2D eigenvalue weighted by Crippen LogP contribution is -2.69. The first-order chi connectivity index (χ1) is 16.2. The lowest BCUT2D eigenvalue weighted by molar-refractivity contribution is -0.126. The van der Waals surface area contributed by atoms with Crippen LogP contribution in [0.2, 0.25) is 5.02 Å². The fraction of sp³-hybridized carbons (Fsp3) is 0.296. The molecule has 0 aliphatic carbocycles. The van der Waals surface area contributed by atoms with Gasteiger partial charge in [0.15, 0.2) is 0 Å². The third-order valence-electron chi connectivity index (χ3n) is 7.29. The lowest BCUT2D eigenvalue weighted by atomic mass is 9.75. The summed E-state index contributed by atoms with van der Waals surface area (Å²) >= 11 is 7.23. The lowest BCUT2D eigenvalue weighted by Gasteiger charge is -2.56. The van der Waals surface area contributed by atoms with E-state index in [0.717, 1.165) is 45.0 Å². The van der Waals surface area contributed by atoms with Crippen molar-refractivity contribution in [2.75, 3.05) is 16.3 Å². The molecular formula is C27H27ClFN3OS. The number of amides is 1. The van der Waals surface area contributed by atoms with Crippen molar-refractivity contribution in [2.24, 2.45) is 11.1 Å². The molecule has 1 saturated heterocycles. The number of benzene rings is 3. The molecule has 0 saturated carbocycles. The maximum absolute atomic E-state index is 14.2. The predicted octanol–water partition coefficient (Wildman–Crippen LogP) is 6.30. The average Bonchev–Trinajstić information content (AvgIpc) is 3.13. The van der Waals surface area contributed by atoms with Gasteiger partial charge in [0.1, 0.15) is 5.82 Å². The number of nitrogens with two attached hydrogens (primary N) is 1. The van der Waals surface area contributed by atoms with Crippen LogP contribution in [0.15, 0.2) is 65.6 Å². The van der Waals surface area contributed by atoms with Crippen molar-refractivity contribution in [1.29, 1.82) is 0 Å². The van der Waals surface area contributed by atoms with E-state index < -0.39 is 0 Å². The number of nitrogens with zero attached hydrogens (tertiary/aromatic N) is 2. The van der Waals surface area contributed by atoms with E-state index in [9.17, 15) is 9.18 Å². The maximum atomic E-state index is 14.2. The molecule has 5 rings (SSSR count). The van der Waals surface area contributed by atoms with Gasteiger partial charge in [-0.05, 0) is 80.6 Å². The van der Waals surface area contributed by atoms with Gasteiger partial charge in [-0.2, -0.15) is 0 Å². The number of carbonyl (C=O) groups is 1. The molecule has 1 fully saturated rings. The van der Waals surface area contributed by atoms with Crippen LogP contribution in [0.5, 0.6) is 0 Å². The summed E-state index contributed by atoms with van der Waals surface area (Å²) in [5, 5.41) is 6.36. The van der Waals surface area contributed by atoms with E-state index in [-0.39, 0.29) is 29.2 Å². The molecule has 34 heavy (non-hydrogen) atoms. The van der Waals surface area contributed by atoms with Gasteiger partial charge in [0.05, 0.1) is 10.8 Å². The van der Waals surface area contributed by atoms with Crippen LogP contribution in [0, 0.1) is 11.7 Å². The average molecular weight is 496 g/mol. The van der Waals surface area contributed by atoms with Gasteiger partial charge in [-0.3, -0.25) is 9.93 Å². The molecule has 4 nitrogen and oxygen atoms in total. The first-order valence-corrected chi connectivity index (χ1v) is 12.6. The van der Waals surface area contributed by atoms with Crippen LogP contribution < -0.4 is 14.9 Å². The van der Waals surface area contributed by atoms with Crippen LogP contribution in [-0.2, 0) is 11.2 Å². The second kappa shape index (κ2) is 8.59. The number of hydrogen-bond donors (Lipinski definition) is 1. The Morgan fingerprint density at radius 1 is 1.15 bits per heavy atom. The molecular weight excluding hydrogens is 469 g/mol. The van der Waals surface area contributed by atoms with Crippen LogP contribution in [0.3, 0.4) is 0 Å². The van der Waals surface area contributed by atoms with Crippen molar-refractivity contribution >= 4 is 40.8 Å². The highest BCUT2D eigenvalue weighted by atomic mass is 35.5. The van der Waals surface area contributed by atoms with Crippen LogP contribution in [0.4, 0.5) is 15.8 Å². The van der Waals surface area contributed by atoms with Gasteiger partial charge in [-0.1, -0.05) is 41.9 Å². The Morgan fingerprint density at radius 2 is 1.85 bits per heavy atom. The van der Waals surface area contributed by atoms with Crippen LogP contribution in [-0.4, -0.2) is 24.0 Å². The molecule has 2 aliphatic rings. The second-order valence-electron chi connectivity index (χ2n) is 9.63. The smallest absolute Gasteiger partial charge is 0.234 e. The van der Waals surface area contributed by atoms with Gasteiger partial charge in [-0.25, -0.2) is 4.39 Å². The highest BCUT2D eigenvalue weighted by Gasteiger charge is 2.53. The summed E-state index contributed by atoms with van der Waals surface area (Å²) in [6.07, 6.45) is 0.647. The summed E-state index contributed by atoms with van der Waals surface area (Å²) in [4.78, 5) is 18.2. The molecule has 0 aromatic heterocycles. The highest BCUT2D eigenvalue weighted by molar-refractivity contribution is 7.97. The molecule has 2 N–H and O–H groups in total. The second-order valence-corrected chi connectivity index (χ2v) is 10.7. The van der Waals surface area contributed by atoms with E-state index in [0.29, 0.717) is 17.9 Å². The van der Waals surface area contributed by atoms with E-state index in [4.69, 9.17) is 16.7 Å². The number of rotatable bonds is 4. The molecule has 7 heteroatoms. The normalized spacial score (nSPS) is 20.8. The summed E-state index contributed by atoms with van der Waals surface area (Å²) in [7, 11) is 0. The fourth-order valence-corrected chi connectivity index (χ4v) is 5.86. The minimum Gasteiger partial charge on any atom is -0.365 e. The zero-order chi connectivity index (χ0) is 24.2. The Balaban J connectivity index is 1.37. The number of hydrogen-bond acceptors (Lipinski definition) is 4. The quantitative estimate of drug-likeness (QED) is 0.431. The van der Waals surface area contributed by atoms with Gasteiger partial charge in [0.25, 0.3) is 0 Å². The summed E-state index contributed by atoms with van der Waals surface area (Å²) < 4.78 is 14.2. The van der Waals surface area contributed by atoms with Crippen molar-refractivity contribution in [3.05, 3.63) is 77.1 Å². The zero-order valence-electron chi connectivity index (χ0n) is 19.4. The molecule has 1 amide bonds. The van der Waals surface area contributed by atoms with Crippen molar-refractivity contribution in [3.63, 3.8) is 0 Å². The largest absolute Gasteiger partial charge is 0.365 e. The number of fused-ring (bicyclic) bond motifs is 1.